The molecule has 0 heterocycles. The van der Waals surface area contributed by atoms with Crippen LogP contribution in [0.15, 0.2) is 48.5 Å². The third-order valence-electron chi connectivity index (χ3n) is 5.07. The summed E-state index contributed by atoms with van der Waals surface area (Å²) in [4.78, 5) is 48.5. The summed E-state index contributed by atoms with van der Waals surface area (Å²) >= 11 is 0. The highest BCUT2D eigenvalue weighted by atomic mass is 16.7. The maximum absolute atomic E-state index is 12.5. The number of carbonyl (C=O) groups excluding carboxylic acids is 3. The van der Waals surface area contributed by atoms with Crippen LogP contribution in [0.1, 0.15) is 62.9 Å². The van der Waals surface area contributed by atoms with Crippen LogP contribution in [-0.2, 0) is 19.0 Å². The van der Waals surface area contributed by atoms with Crippen molar-refractivity contribution in [1.82, 2.24) is 0 Å². The first kappa shape index (κ1) is 30.1. The molecule has 0 aliphatic rings. The van der Waals surface area contributed by atoms with E-state index in [0.717, 1.165) is 0 Å². The summed E-state index contributed by atoms with van der Waals surface area (Å²) in [7, 11) is 0. The summed E-state index contributed by atoms with van der Waals surface area (Å²) in [6.07, 6.45) is -3.76. The maximum Gasteiger partial charge on any atom is 0.514 e. The quantitative estimate of drug-likeness (QED) is 0.236. The predicted molar refractivity (Wildman–Crippen MR) is 135 cm³/mol. The molecule has 2 aromatic rings. The Balaban J connectivity index is 2.36. The fourth-order valence-electron chi connectivity index (χ4n) is 3.42. The number of esters is 1. The van der Waals surface area contributed by atoms with Crippen molar-refractivity contribution in [2.24, 2.45) is 5.73 Å². The molecule has 0 saturated carbocycles. The summed E-state index contributed by atoms with van der Waals surface area (Å²) in [5.74, 6) is -3.13. The van der Waals surface area contributed by atoms with E-state index in [4.69, 9.17) is 29.4 Å². The zero-order chi connectivity index (χ0) is 28.4. The van der Waals surface area contributed by atoms with Gasteiger partial charge in [-0.1, -0.05) is 24.3 Å². The molecule has 11 heteroatoms. The molecule has 3 N–H and O–H groups in total. The van der Waals surface area contributed by atoms with Gasteiger partial charge in [-0.15, -0.1) is 0 Å². The summed E-state index contributed by atoms with van der Waals surface area (Å²) < 4.78 is 25.9. The summed E-state index contributed by atoms with van der Waals surface area (Å²) in [6.45, 7) is 8.11. The van der Waals surface area contributed by atoms with Crippen LogP contribution >= 0.6 is 0 Å². The van der Waals surface area contributed by atoms with Crippen molar-refractivity contribution in [2.75, 3.05) is 0 Å². The van der Waals surface area contributed by atoms with Gasteiger partial charge in [0.05, 0.1) is 17.8 Å². The van der Waals surface area contributed by atoms with Gasteiger partial charge in [-0.05, 0) is 70.9 Å². The Hall–Kier alpha value is -4.12. The van der Waals surface area contributed by atoms with E-state index < -0.39 is 54.5 Å². The normalized spacial score (nSPS) is 13.3. The molecule has 2 unspecified atom stereocenters. The van der Waals surface area contributed by atoms with Gasteiger partial charge in [0.1, 0.15) is 12.1 Å². The van der Waals surface area contributed by atoms with Gasteiger partial charge >= 0.3 is 24.2 Å². The third kappa shape index (κ3) is 9.40. The third-order valence-corrected chi connectivity index (χ3v) is 5.07. The second-order valence-electron chi connectivity index (χ2n) is 9.03. The van der Waals surface area contributed by atoms with Crippen LogP contribution in [0.5, 0.6) is 11.5 Å². The van der Waals surface area contributed by atoms with Crippen LogP contribution in [0, 0.1) is 0 Å². The Labute approximate surface area is 220 Å². The van der Waals surface area contributed by atoms with Crippen LogP contribution in [0.2, 0.25) is 0 Å². The Morgan fingerprint density at radius 3 is 1.87 bits per heavy atom. The predicted octanol–water partition coefficient (Wildman–Crippen LogP) is 4.67. The number of benzene rings is 2. The number of hydrogen-bond acceptors (Lipinski definition) is 10. The molecular weight excluding hydrogens is 498 g/mol. The molecule has 0 aliphatic carbocycles. The number of carboxylic acids is 1. The van der Waals surface area contributed by atoms with Crippen molar-refractivity contribution in [3.8, 4) is 11.5 Å². The average molecular weight is 532 g/mol. The molecule has 206 valence electrons. The van der Waals surface area contributed by atoms with E-state index in [1.807, 2.05) is 0 Å². The Morgan fingerprint density at radius 1 is 0.789 bits per heavy atom. The van der Waals surface area contributed by atoms with Crippen molar-refractivity contribution >= 4 is 24.2 Å². The number of aliphatic carboxylic acids is 1. The first-order chi connectivity index (χ1) is 17.9. The molecule has 0 aromatic heterocycles. The zero-order valence-corrected chi connectivity index (χ0v) is 21.9. The molecule has 3 atom stereocenters. The van der Waals surface area contributed by atoms with E-state index in [9.17, 15) is 24.3 Å². The van der Waals surface area contributed by atoms with E-state index >= 15 is 0 Å². The van der Waals surface area contributed by atoms with E-state index in [0.29, 0.717) is 11.1 Å². The highest BCUT2D eigenvalue weighted by Gasteiger charge is 2.30. The van der Waals surface area contributed by atoms with Crippen molar-refractivity contribution in [3.05, 3.63) is 59.7 Å². The molecule has 2 rings (SSSR count). The van der Waals surface area contributed by atoms with Crippen LogP contribution < -0.4 is 15.2 Å². The molecule has 2 aromatic carbocycles. The van der Waals surface area contributed by atoms with Gasteiger partial charge in [-0.3, -0.25) is 4.79 Å². The fraction of sp³-hybridized carbons (Fsp3) is 0.407. The molecule has 0 aliphatic heterocycles. The van der Waals surface area contributed by atoms with Crippen molar-refractivity contribution in [2.45, 2.75) is 71.3 Å². The molecule has 0 amide bonds. The van der Waals surface area contributed by atoms with Crippen molar-refractivity contribution in [1.29, 1.82) is 0 Å². The standard InChI is InChI=1S/C27H33NO10/c1-15(2)34-26(32)37-21-12-11-19(14-22(21)38-27(33)35-16(3)4)20(23(28)24(29)30)13-17(5)36-25(31)18-9-7-6-8-10-18/h6-12,14-17,20,23H,13,28H2,1-5H3,(H,29,30)/t17?,20?,23-/m1/s1. The lowest BCUT2D eigenvalue weighted by atomic mass is 9.87. The number of nitrogens with two attached hydrogens (primary N) is 1. The number of carbonyl (C=O) groups is 4. The van der Waals surface area contributed by atoms with Crippen molar-refractivity contribution < 1.29 is 48.0 Å². The van der Waals surface area contributed by atoms with Gasteiger partial charge in [0.15, 0.2) is 11.5 Å². The molecule has 0 spiro atoms. The van der Waals surface area contributed by atoms with Gasteiger partial charge in [0.2, 0.25) is 0 Å². The average Bonchev–Trinajstić information content (AvgIpc) is 2.82. The largest absolute Gasteiger partial charge is 0.514 e. The highest BCUT2D eigenvalue weighted by Crippen LogP contribution is 2.35. The molecule has 0 radical (unpaired) electrons. The molecule has 11 nitrogen and oxygen atoms in total. The second kappa shape index (κ2) is 14.0. The Morgan fingerprint density at radius 2 is 1.34 bits per heavy atom. The molecule has 0 bridgehead atoms. The molecule has 0 fully saturated rings. The van der Waals surface area contributed by atoms with E-state index in [1.165, 1.54) is 18.2 Å². The lowest BCUT2D eigenvalue weighted by Gasteiger charge is -2.25. The van der Waals surface area contributed by atoms with Gasteiger partial charge in [0.25, 0.3) is 0 Å². The SMILES string of the molecule is CC(C)OC(=O)Oc1ccc(C(CC(C)OC(=O)c2ccccc2)[C@@H](N)C(=O)O)cc1OC(=O)OC(C)C. The van der Waals surface area contributed by atoms with Gasteiger partial charge < -0.3 is 34.5 Å². The van der Waals surface area contributed by atoms with Crippen LogP contribution in [0.25, 0.3) is 0 Å². The first-order valence-corrected chi connectivity index (χ1v) is 12.0. The number of hydrogen-bond donors (Lipinski definition) is 2. The van der Waals surface area contributed by atoms with Crippen LogP contribution in [0.3, 0.4) is 0 Å². The number of ether oxygens (including phenoxy) is 5. The minimum Gasteiger partial charge on any atom is -0.480 e. The smallest absolute Gasteiger partial charge is 0.480 e. The van der Waals surface area contributed by atoms with Gasteiger partial charge in [-0.2, -0.15) is 0 Å². The number of carboxylic acid groups (broad SMARTS) is 1. The van der Waals surface area contributed by atoms with E-state index in [-0.39, 0.29) is 17.9 Å². The van der Waals surface area contributed by atoms with Crippen LogP contribution in [0.4, 0.5) is 9.59 Å². The zero-order valence-electron chi connectivity index (χ0n) is 21.9. The summed E-state index contributed by atoms with van der Waals surface area (Å²) in [6, 6.07) is 11.0. The molecule has 0 saturated heterocycles. The lowest BCUT2D eigenvalue weighted by molar-refractivity contribution is -0.139. The van der Waals surface area contributed by atoms with E-state index in [2.05, 4.69) is 0 Å². The molecular formula is C27H33NO10. The Bertz CT molecular complexity index is 1120. The molecule has 38 heavy (non-hydrogen) atoms. The summed E-state index contributed by atoms with van der Waals surface area (Å²) in [5.41, 5.74) is 6.67. The first-order valence-electron chi connectivity index (χ1n) is 12.0. The Kier molecular flexibility index (Phi) is 11.1. The topological polar surface area (TPSA) is 161 Å². The minimum atomic E-state index is -1.40. The summed E-state index contributed by atoms with van der Waals surface area (Å²) in [5, 5.41) is 9.63. The maximum atomic E-state index is 12.5. The fourth-order valence-corrected chi connectivity index (χ4v) is 3.42. The van der Waals surface area contributed by atoms with Crippen molar-refractivity contribution in [3.63, 3.8) is 0 Å². The minimum absolute atomic E-state index is 0.0253. The lowest BCUT2D eigenvalue weighted by Crippen LogP contribution is -2.38. The van der Waals surface area contributed by atoms with Gasteiger partial charge in [0, 0.05) is 5.92 Å². The van der Waals surface area contributed by atoms with Crippen LogP contribution in [-0.4, -0.2) is 53.7 Å². The van der Waals surface area contributed by atoms with Gasteiger partial charge in [-0.25, -0.2) is 14.4 Å². The van der Waals surface area contributed by atoms with E-state index in [1.54, 1.807) is 65.0 Å². The highest BCUT2D eigenvalue weighted by molar-refractivity contribution is 5.89. The second-order valence-corrected chi connectivity index (χ2v) is 9.03. The monoisotopic (exact) mass is 531 g/mol. The number of rotatable bonds is 11.